The van der Waals surface area contributed by atoms with Crippen LogP contribution in [-0.4, -0.2) is 46.5 Å². The van der Waals surface area contributed by atoms with E-state index in [2.05, 4.69) is 4.98 Å². The Morgan fingerprint density at radius 3 is 2.62 bits per heavy atom. The van der Waals surface area contributed by atoms with E-state index in [1.807, 2.05) is 0 Å². The molecule has 0 unspecified atom stereocenters. The van der Waals surface area contributed by atoms with Gasteiger partial charge in [0.1, 0.15) is 10.7 Å². The van der Waals surface area contributed by atoms with Crippen molar-refractivity contribution in [3.8, 4) is 11.3 Å². The second kappa shape index (κ2) is 11.0. The molecule has 11 heteroatoms. The van der Waals surface area contributed by atoms with E-state index in [0.717, 1.165) is 12.1 Å². The van der Waals surface area contributed by atoms with Crippen LogP contribution in [0.2, 0.25) is 0 Å². The zero-order valence-electron chi connectivity index (χ0n) is 24.8. The second-order valence-corrected chi connectivity index (χ2v) is 7.32. The molecule has 0 bridgehead atoms. The van der Waals surface area contributed by atoms with Gasteiger partial charge in [-0.15, -0.1) is 0 Å². The van der Waals surface area contributed by atoms with Crippen LogP contribution in [0, 0.1) is 5.82 Å². The normalized spacial score (nSPS) is 16.0. The molecule has 2 aromatic heterocycles. The van der Waals surface area contributed by atoms with Crippen LogP contribution in [0.15, 0.2) is 78.0 Å². The van der Waals surface area contributed by atoms with Gasteiger partial charge in [0.05, 0.1) is 11.2 Å². The Bertz CT molecular complexity index is 1610. The largest absolute Gasteiger partial charge is 0.478 e. The van der Waals surface area contributed by atoms with Crippen molar-refractivity contribution in [3.63, 3.8) is 0 Å². The summed E-state index contributed by atoms with van der Waals surface area (Å²) in [5.74, 6) is -3.39. The maximum absolute atomic E-state index is 14.5. The summed E-state index contributed by atoms with van der Waals surface area (Å²) >= 11 is 0. The van der Waals surface area contributed by atoms with Crippen LogP contribution in [-0.2, 0) is 26.1 Å². The highest BCUT2D eigenvalue weighted by atomic mass is 32.2. The molecule has 2 heterocycles. The minimum Gasteiger partial charge on any atom is -0.478 e. The fourth-order valence-electron chi connectivity index (χ4n) is 2.23. The molecule has 0 radical (unpaired) electrons. The van der Waals surface area contributed by atoms with Gasteiger partial charge in [0.2, 0.25) is 0 Å². The maximum Gasteiger partial charge on any atom is 0.328 e. The molecule has 32 heavy (non-hydrogen) atoms. The minimum atomic E-state index is -4.94. The Kier molecular flexibility index (Phi) is 4.90. The lowest BCUT2D eigenvalue weighted by Gasteiger charge is -2.10. The first-order chi connectivity index (χ1) is 18.7. The van der Waals surface area contributed by atoms with Gasteiger partial charge < -0.3 is 15.5 Å². The molecule has 9 nitrogen and oxygen atoms in total. The van der Waals surface area contributed by atoms with Crippen molar-refractivity contribution >= 4 is 22.0 Å². The summed E-state index contributed by atoms with van der Waals surface area (Å²) in [7, 11) is -4.94. The number of hydrogen-bond acceptors (Lipinski definition) is 6. The molecule has 3 rings (SSSR count). The zero-order chi connectivity index (χ0) is 31.5. The lowest BCUT2D eigenvalue weighted by atomic mass is 10.1. The molecule has 0 saturated carbocycles. The van der Waals surface area contributed by atoms with E-state index < -0.39 is 81.8 Å². The van der Waals surface area contributed by atoms with Gasteiger partial charge in [-0.05, 0) is 42.8 Å². The lowest BCUT2D eigenvalue weighted by molar-refractivity contribution is -0.134. The first kappa shape index (κ1) is 14.3. The number of nitrogens with zero attached hydrogens (tertiary/aromatic N) is 2. The fourth-order valence-corrected chi connectivity index (χ4v) is 3.43. The van der Waals surface area contributed by atoms with Crippen molar-refractivity contribution < 1.29 is 44.9 Å². The number of rotatable bonds is 7. The SMILES string of the molecule is O=C(O)/C=C/C(=O)O.[2H]c1nc([2H])c(S(=O)(=O)n2cc(C([2H])([2H])NC([2H])([2H])[2H])cc2-c2ccccc2F)c([2H])c1[2H]. The van der Waals surface area contributed by atoms with Gasteiger partial charge in [0.15, 0.2) is 0 Å². The first-order valence-corrected chi connectivity index (χ1v) is 9.74. The number of hydrogen-bond donors (Lipinski definition) is 3. The number of carboxylic acids is 2. The topological polar surface area (TPSA) is 139 Å². The van der Waals surface area contributed by atoms with Crippen molar-refractivity contribution in [2.75, 3.05) is 6.98 Å². The van der Waals surface area contributed by atoms with Crippen molar-refractivity contribution in [3.05, 3.63) is 84.5 Å². The van der Waals surface area contributed by atoms with Crippen LogP contribution in [0.5, 0.6) is 0 Å². The van der Waals surface area contributed by atoms with Crippen LogP contribution < -0.4 is 5.32 Å². The standard InChI is InChI=1S/C17H16FN3O2S.C4H4O4/c1-19-10-13-9-17(15-6-2-3-7-16(15)18)21(12-13)24(22,23)14-5-4-8-20-11-14;5-3(6)1-2-4(7)8/h2-9,11-12,19H,10H2,1H3;1-2H,(H,5,6)(H,7,8)/b;2-1+/i1D3,4D,5D,8D,10D2,11D;. The third kappa shape index (κ3) is 6.33. The number of carbonyl (C=O) groups is 2. The minimum absolute atomic E-state index is 0.286. The van der Waals surface area contributed by atoms with E-state index in [1.54, 1.807) is 5.32 Å². The molecule has 1 aromatic carbocycles. The van der Waals surface area contributed by atoms with E-state index in [4.69, 9.17) is 22.5 Å². The Morgan fingerprint density at radius 1 is 1.31 bits per heavy atom. The van der Waals surface area contributed by atoms with Gasteiger partial charge in [0, 0.05) is 49.6 Å². The average Bonchev–Trinajstić information content (AvgIpc) is 3.28. The van der Waals surface area contributed by atoms with Gasteiger partial charge in [-0.25, -0.2) is 26.4 Å². The summed E-state index contributed by atoms with van der Waals surface area (Å²) in [5, 5.41) is 17.4. The van der Waals surface area contributed by atoms with E-state index in [0.29, 0.717) is 22.3 Å². The fraction of sp³-hybridized carbons (Fsp3) is 0.0952. The number of pyridine rings is 1. The van der Waals surface area contributed by atoms with E-state index >= 15 is 0 Å². The molecule has 0 aliphatic heterocycles. The van der Waals surface area contributed by atoms with Crippen molar-refractivity contribution in [2.24, 2.45) is 0 Å². The van der Waals surface area contributed by atoms with Gasteiger partial charge in [0.25, 0.3) is 10.0 Å². The van der Waals surface area contributed by atoms with E-state index in [9.17, 15) is 22.4 Å². The summed E-state index contributed by atoms with van der Waals surface area (Å²) in [6.07, 6.45) is 0.0292. The predicted molar refractivity (Wildman–Crippen MR) is 114 cm³/mol. The first-order valence-electron chi connectivity index (χ1n) is 12.8. The summed E-state index contributed by atoms with van der Waals surface area (Å²) in [5.41, 5.74) is -1.19. The van der Waals surface area contributed by atoms with Crippen molar-refractivity contribution in [1.82, 2.24) is 14.3 Å². The Labute approximate surface area is 196 Å². The highest BCUT2D eigenvalue weighted by Gasteiger charge is 2.23. The Hall–Kier alpha value is -3.83. The third-order valence-electron chi connectivity index (χ3n) is 3.47. The highest BCUT2D eigenvalue weighted by Crippen LogP contribution is 2.28. The molecular formula is C21H20FN3O6S. The summed E-state index contributed by atoms with van der Waals surface area (Å²) in [4.78, 5) is 21.4. The summed E-state index contributed by atoms with van der Waals surface area (Å²) in [6, 6.07) is 4.04. The Balaban J connectivity index is 0.000000642. The maximum atomic E-state index is 14.5. The number of carboxylic acid groups (broad SMARTS) is 2. The average molecular weight is 471 g/mol. The molecule has 3 N–H and O–H groups in total. The van der Waals surface area contributed by atoms with Crippen LogP contribution in [0.1, 0.15) is 17.9 Å². The van der Waals surface area contributed by atoms with E-state index in [-0.39, 0.29) is 5.56 Å². The van der Waals surface area contributed by atoms with Gasteiger partial charge in [-0.1, -0.05) is 12.1 Å². The molecule has 3 aromatic rings. The zero-order valence-corrected chi connectivity index (χ0v) is 16.6. The predicted octanol–water partition coefficient (Wildman–Crippen LogP) is 2.36. The van der Waals surface area contributed by atoms with Crippen LogP contribution in [0.4, 0.5) is 4.39 Å². The molecular weight excluding hydrogens is 441 g/mol. The molecule has 0 atom stereocenters. The molecule has 0 amide bonds. The monoisotopic (exact) mass is 470 g/mol. The molecule has 0 saturated heterocycles. The molecule has 0 aliphatic rings. The van der Waals surface area contributed by atoms with Crippen LogP contribution in [0.3, 0.4) is 0 Å². The number of halogens is 1. The molecule has 0 spiro atoms. The van der Waals surface area contributed by atoms with Gasteiger partial charge >= 0.3 is 11.9 Å². The molecule has 0 aliphatic carbocycles. The second-order valence-electron chi connectivity index (χ2n) is 5.57. The highest BCUT2D eigenvalue weighted by molar-refractivity contribution is 7.90. The number of aliphatic carboxylic acids is 2. The Morgan fingerprint density at radius 2 is 2.00 bits per heavy atom. The van der Waals surface area contributed by atoms with Crippen molar-refractivity contribution in [2.45, 2.75) is 11.4 Å². The summed E-state index contributed by atoms with van der Waals surface area (Å²) in [6.45, 7) is -5.73. The molecule has 0 fully saturated rings. The van der Waals surface area contributed by atoms with Gasteiger partial charge in [-0.2, -0.15) is 0 Å². The van der Waals surface area contributed by atoms with E-state index in [1.165, 1.54) is 18.2 Å². The smallest absolute Gasteiger partial charge is 0.328 e. The quantitative estimate of drug-likeness (QED) is 0.447. The van der Waals surface area contributed by atoms with Crippen LogP contribution in [0.25, 0.3) is 11.3 Å². The lowest BCUT2D eigenvalue weighted by Crippen LogP contribution is -2.14. The van der Waals surface area contributed by atoms with Gasteiger partial charge in [-0.3, -0.25) is 4.98 Å². The summed E-state index contributed by atoms with van der Waals surface area (Å²) < 4.78 is 111. The number of nitrogens with one attached hydrogen (secondary N) is 1. The number of aromatic nitrogens is 2. The molecule has 168 valence electrons. The number of benzene rings is 1. The third-order valence-corrected chi connectivity index (χ3v) is 5.00. The van der Waals surface area contributed by atoms with Crippen molar-refractivity contribution in [1.29, 1.82) is 0 Å². The van der Waals surface area contributed by atoms with Crippen LogP contribution >= 0.6 is 0 Å².